The van der Waals surface area contributed by atoms with Crippen LogP contribution < -0.4 is 4.72 Å². The molecule has 0 bridgehead atoms. The fourth-order valence-corrected chi connectivity index (χ4v) is 5.43. The molecule has 1 aromatic heterocycles. The van der Waals surface area contributed by atoms with Crippen LogP contribution in [0.1, 0.15) is 0 Å². The minimum Gasteiger partial charge on any atom is -0.323 e. The van der Waals surface area contributed by atoms with Gasteiger partial charge in [-0.1, -0.05) is 18.2 Å². The van der Waals surface area contributed by atoms with Crippen molar-refractivity contribution < 1.29 is 13.0 Å². The van der Waals surface area contributed by atoms with Crippen molar-refractivity contribution in [1.82, 2.24) is 4.72 Å². The molecule has 0 radical (unpaired) electrons. The van der Waals surface area contributed by atoms with Gasteiger partial charge in [0.2, 0.25) is 0 Å². The molecule has 0 unspecified atom stereocenters. The van der Waals surface area contributed by atoms with Crippen molar-refractivity contribution in [2.24, 2.45) is 0 Å². The predicted molar refractivity (Wildman–Crippen MR) is 76.5 cm³/mol. The van der Waals surface area contributed by atoms with Gasteiger partial charge in [0.15, 0.2) is 0 Å². The van der Waals surface area contributed by atoms with Crippen LogP contribution in [0.25, 0.3) is 10.1 Å². The minimum absolute atomic E-state index is 0.0103. The topological polar surface area (TPSA) is 63.2 Å². The number of thiophene rings is 1. The molecule has 4 nitrogen and oxygen atoms in total. The molecule has 1 N–H and O–H groups in total. The second-order valence-electron chi connectivity index (χ2n) is 4.48. The Bertz CT molecular complexity index is 682. The first kappa shape index (κ1) is 13.7. The number of nitrogens with one attached hydrogen (secondary N) is 1. The van der Waals surface area contributed by atoms with E-state index in [1.165, 1.54) is 11.3 Å². The van der Waals surface area contributed by atoms with Crippen LogP contribution in [0.2, 0.25) is 0 Å². The Balaban J connectivity index is 2.32. The van der Waals surface area contributed by atoms with Gasteiger partial charge in [-0.25, -0.2) is 13.1 Å². The molecule has 7 heteroatoms. The van der Waals surface area contributed by atoms with Crippen molar-refractivity contribution in [3.05, 3.63) is 30.3 Å². The molecule has 2 aromatic rings. The van der Waals surface area contributed by atoms with Gasteiger partial charge in [-0.15, -0.1) is 11.3 Å². The van der Waals surface area contributed by atoms with E-state index in [1.807, 2.05) is 24.3 Å². The number of fused-ring (bicyclic) bond motifs is 1. The zero-order chi connectivity index (χ0) is 13.4. The molecule has 0 atom stereocenters. The van der Waals surface area contributed by atoms with Crippen LogP contribution >= 0.6 is 18.5 Å². The van der Waals surface area contributed by atoms with E-state index in [2.05, 4.69) is 4.72 Å². The van der Waals surface area contributed by atoms with Crippen molar-refractivity contribution in [1.29, 1.82) is 0 Å². The third kappa shape index (κ3) is 3.20. The Morgan fingerprint density at radius 2 is 1.94 bits per heavy atom. The smallest absolute Gasteiger partial charge is 0.250 e. The number of sulfonamides is 1. The Labute approximate surface area is 110 Å². The molecular weight excluding hydrogens is 289 g/mol. The van der Waals surface area contributed by atoms with Gasteiger partial charge in [0.1, 0.15) is 4.21 Å². The summed E-state index contributed by atoms with van der Waals surface area (Å²) in [6, 6.07) is 9.12. The highest BCUT2D eigenvalue weighted by atomic mass is 32.2. The maximum Gasteiger partial charge on any atom is 0.250 e. The highest BCUT2D eigenvalue weighted by molar-refractivity contribution is 7.92. The normalized spacial score (nSPS) is 13.0. The molecule has 0 aliphatic rings. The van der Waals surface area contributed by atoms with Crippen LogP contribution in [-0.4, -0.2) is 28.0 Å². The van der Waals surface area contributed by atoms with Gasteiger partial charge >= 0.3 is 0 Å². The lowest BCUT2D eigenvalue weighted by atomic mass is 10.3. The Morgan fingerprint density at radius 1 is 1.28 bits per heavy atom. The highest BCUT2D eigenvalue weighted by Crippen LogP contribution is 2.35. The first-order chi connectivity index (χ1) is 8.28. The number of hydrogen-bond donors (Lipinski definition) is 1. The maximum absolute atomic E-state index is 12.0. The standard InChI is InChI=1S/C11H14NO3PS2/c1-16(2,13)8-12-18(14,15)11-7-9-5-3-4-6-10(9)17-11/h3-7,12H,8H2,1-2H3. The lowest BCUT2D eigenvalue weighted by molar-refractivity contribution is 0.573. The van der Waals surface area contributed by atoms with Gasteiger partial charge in [0.05, 0.1) is 13.4 Å². The van der Waals surface area contributed by atoms with Crippen molar-refractivity contribution in [2.45, 2.75) is 4.21 Å². The molecule has 0 aliphatic carbocycles. The van der Waals surface area contributed by atoms with Gasteiger partial charge in [-0.05, 0) is 30.8 Å². The lowest BCUT2D eigenvalue weighted by Gasteiger charge is -2.07. The van der Waals surface area contributed by atoms with Gasteiger partial charge in [-0.3, -0.25) is 0 Å². The first-order valence-electron chi connectivity index (χ1n) is 5.30. The number of hydrogen-bond acceptors (Lipinski definition) is 4. The van der Waals surface area contributed by atoms with E-state index in [4.69, 9.17) is 0 Å². The Hall–Kier alpha value is -0.680. The van der Waals surface area contributed by atoms with Gasteiger partial charge < -0.3 is 4.57 Å². The van der Waals surface area contributed by atoms with Gasteiger partial charge in [-0.2, -0.15) is 0 Å². The van der Waals surface area contributed by atoms with Crippen molar-refractivity contribution in [3.8, 4) is 0 Å². The Morgan fingerprint density at radius 3 is 2.56 bits per heavy atom. The van der Waals surface area contributed by atoms with Crippen LogP contribution in [0, 0.1) is 0 Å². The zero-order valence-electron chi connectivity index (χ0n) is 10.1. The maximum atomic E-state index is 12.0. The molecule has 0 aliphatic heterocycles. The summed E-state index contributed by atoms with van der Waals surface area (Å²) >= 11 is 1.21. The van der Waals surface area contributed by atoms with Crippen molar-refractivity contribution >= 4 is 38.6 Å². The fourth-order valence-electron chi connectivity index (χ4n) is 1.40. The van der Waals surface area contributed by atoms with Crippen molar-refractivity contribution in [3.63, 3.8) is 0 Å². The van der Waals surface area contributed by atoms with E-state index in [-0.39, 0.29) is 10.5 Å². The summed E-state index contributed by atoms with van der Waals surface area (Å²) in [5, 5.41) is 0.902. The quantitative estimate of drug-likeness (QED) is 0.883. The Kier molecular flexibility index (Phi) is 3.65. The van der Waals surface area contributed by atoms with Crippen molar-refractivity contribution in [2.75, 3.05) is 19.6 Å². The fraction of sp³-hybridized carbons (Fsp3) is 0.273. The summed E-state index contributed by atoms with van der Waals surface area (Å²) in [6.07, 6.45) is -0.0103. The second kappa shape index (κ2) is 4.78. The summed E-state index contributed by atoms with van der Waals surface area (Å²) < 4.78 is 39.2. The van der Waals surface area contributed by atoms with Crippen LogP contribution in [0.15, 0.2) is 34.5 Å². The molecule has 0 spiro atoms. The predicted octanol–water partition coefficient (Wildman–Crippen LogP) is 2.76. The summed E-state index contributed by atoms with van der Waals surface area (Å²) in [7, 11) is -5.96. The van der Waals surface area contributed by atoms with E-state index >= 15 is 0 Å². The molecule has 18 heavy (non-hydrogen) atoms. The van der Waals surface area contributed by atoms with E-state index in [1.54, 1.807) is 19.4 Å². The summed E-state index contributed by atoms with van der Waals surface area (Å²) in [4.78, 5) is 0. The van der Waals surface area contributed by atoms with E-state index < -0.39 is 17.2 Å². The third-order valence-electron chi connectivity index (χ3n) is 2.30. The van der Waals surface area contributed by atoms with Crippen LogP contribution in [0.3, 0.4) is 0 Å². The van der Waals surface area contributed by atoms with Gasteiger partial charge in [0, 0.05) is 4.70 Å². The minimum atomic E-state index is -3.56. The van der Waals surface area contributed by atoms with Crippen LogP contribution in [0.4, 0.5) is 0 Å². The first-order valence-corrected chi connectivity index (χ1v) is 10.4. The molecule has 0 saturated carbocycles. The van der Waals surface area contributed by atoms with E-state index in [9.17, 15) is 13.0 Å². The van der Waals surface area contributed by atoms with E-state index in [0.717, 1.165) is 10.1 Å². The average molecular weight is 303 g/mol. The number of benzene rings is 1. The molecule has 98 valence electrons. The summed E-state index contributed by atoms with van der Waals surface area (Å²) in [6.45, 7) is 3.11. The average Bonchev–Trinajstić information content (AvgIpc) is 2.70. The highest BCUT2D eigenvalue weighted by Gasteiger charge is 2.19. The molecule has 0 fully saturated rings. The SMILES string of the molecule is CP(C)(=O)CNS(=O)(=O)c1cc2ccccc2s1. The second-order valence-corrected chi connectivity index (χ2v) is 11.0. The largest absolute Gasteiger partial charge is 0.323 e. The molecule has 1 heterocycles. The molecule has 0 amide bonds. The molecule has 2 rings (SSSR count). The zero-order valence-corrected chi connectivity index (χ0v) is 12.6. The monoisotopic (exact) mass is 303 g/mol. The van der Waals surface area contributed by atoms with E-state index in [0.29, 0.717) is 0 Å². The molecule has 1 aromatic carbocycles. The van der Waals surface area contributed by atoms with Crippen LogP contribution in [0.5, 0.6) is 0 Å². The molecular formula is C11H14NO3PS2. The summed E-state index contributed by atoms with van der Waals surface area (Å²) in [5.41, 5.74) is 0. The molecule has 0 saturated heterocycles. The number of rotatable bonds is 4. The lowest BCUT2D eigenvalue weighted by Crippen LogP contribution is -2.23. The summed E-state index contributed by atoms with van der Waals surface area (Å²) in [5.74, 6) is 0. The third-order valence-corrected chi connectivity index (χ3v) is 6.43. The van der Waals surface area contributed by atoms with Gasteiger partial charge in [0.25, 0.3) is 10.0 Å². The van der Waals surface area contributed by atoms with Crippen LogP contribution in [-0.2, 0) is 14.6 Å².